The second kappa shape index (κ2) is 4.55. The summed E-state index contributed by atoms with van der Waals surface area (Å²) < 4.78 is 38.5. The number of benzene rings is 1. The predicted molar refractivity (Wildman–Crippen MR) is 65.3 cm³/mol. The Labute approximate surface area is 111 Å². The van der Waals surface area contributed by atoms with Crippen LogP contribution in [-0.4, -0.2) is 22.3 Å². The average molecular weight is 344 g/mol. The summed E-state index contributed by atoms with van der Waals surface area (Å²) in [6.45, 7) is 0.0459. The van der Waals surface area contributed by atoms with E-state index in [9.17, 15) is 8.42 Å². The van der Waals surface area contributed by atoms with E-state index in [1.54, 1.807) is 6.07 Å². The first-order valence-corrected chi connectivity index (χ1v) is 7.77. The van der Waals surface area contributed by atoms with Gasteiger partial charge in [0.1, 0.15) is 5.75 Å². The highest BCUT2D eigenvalue weighted by Crippen LogP contribution is 2.46. The molecule has 0 fully saturated rings. The van der Waals surface area contributed by atoms with Crippen LogP contribution in [0.4, 0.5) is 0 Å². The average Bonchev–Trinajstić information content (AvgIpc) is 2.63. The van der Waals surface area contributed by atoms with Crippen molar-refractivity contribution in [2.45, 2.75) is 5.75 Å². The van der Waals surface area contributed by atoms with Gasteiger partial charge in [-0.2, -0.15) is 0 Å². The van der Waals surface area contributed by atoms with Gasteiger partial charge < -0.3 is 14.2 Å². The molecule has 0 aromatic heterocycles. The van der Waals surface area contributed by atoms with Gasteiger partial charge in [-0.1, -0.05) is 0 Å². The highest BCUT2D eigenvalue weighted by molar-refractivity contribution is 9.10. The molecule has 1 aromatic carbocycles. The van der Waals surface area contributed by atoms with Crippen LogP contribution in [-0.2, 0) is 14.8 Å². The van der Waals surface area contributed by atoms with Crippen molar-refractivity contribution >= 4 is 35.7 Å². The minimum Gasteiger partial charge on any atom is -0.495 e. The Kier molecular flexibility index (Phi) is 3.42. The van der Waals surface area contributed by atoms with E-state index >= 15 is 0 Å². The Morgan fingerprint density at radius 3 is 2.82 bits per heavy atom. The first kappa shape index (κ1) is 12.8. The third-order valence-electron chi connectivity index (χ3n) is 2.19. The zero-order chi connectivity index (χ0) is 12.6. The van der Waals surface area contributed by atoms with Crippen LogP contribution in [0.5, 0.6) is 17.2 Å². The van der Waals surface area contributed by atoms with Crippen LogP contribution in [0.1, 0.15) is 5.56 Å². The zero-order valence-electron chi connectivity index (χ0n) is 8.70. The van der Waals surface area contributed by atoms with Gasteiger partial charge in [-0.25, -0.2) is 8.42 Å². The van der Waals surface area contributed by atoms with Gasteiger partial charge in [0.05, 0.1) is 22.9 Å². The van der Waals surface area contributed by atoms with Gasteiger partial charge in [-0.3, -0.25) is 0 Å². The summed E-state index contributed by atoms with van der Waals surface area (Å²) in [7, 11) is 2.98. The first-order valence-electron chi connectivity index (χ1n) is 4.49. The van der Waals surface area contributed by atoms with E-state index in [1.165, 1.54) is 7.11 Å². The Morgan fingerprint density at radius 2 is 2.24 bits per heavy atom. The molecule has 0 unspecified atom stereocenters. The van der Waals surface area contributed by atoms with Gasteiger partial charge in [-0.15, -0.1) is 0 Å². The normalized spacial score (nSPS) is 13.8. The highest BCUT2D eigenvalue weighted by Gasteiger charge is 2.27. The highest BCUT2D eigenvalue weighted by atomic mass is 79.9. The molecule has 1 aromatic rings. The van der Waals surface area contributed by atoms with Crippen LogP contribution in [0.3, 0.4) is 0 Å². The minimum atomic E-state index is -3.71. The fourth-order valence-electron chi connectivity index (χ4n) is 1.58. The molecule has 0 atom stereocenters. The predicted octanol–water partition coefficient (Wildman–Crippen LogP) is 2.25. The van der Waals surface area contributed by atoms with Crippen molar-refractivity contribution in [2.75, 3.05) is 13.9 Å². The number of hydrogen-bond donors (Lipinski definition) is 0. The summed E-state index contributed by atoms with van der Waals surface area (Å²) in [6, 6.07) is 1.66. The van der Waals surface area contributed by atoms with Gasteiger partial charge >= 0.3 is 0 Å². The van der Waals surface area contributed by atoms with Gasteiger partial charge in [0.2, 0.25) is 15.8 Å². The number of ether oxygens (including phenoxy) is 3. The van der Waals surface area contributed by atoms with Crippen LogP contribution < -0.4 is 14.2 Å². The van der Waals surface area contributed by atoms with E-state index in [-0.39, 0.29) is 12.5 Å². The molecule has 0 aliphatic carbocycles. The van der Waals surface area contributed by atoms with Gasteiger partial charge in [0.15, 0.2) is 11.5 Å². The summed E-state index contributed by atoms with van der Waals surface area (Å²) in [6.07, 6.45) is 0. The van der Waals surface area contributed by atoms with E-state index < -0.39 is 9.05 Å². The maximum atomic E-state index is 11.2. The van der Waals surface area contributed by atoms with Crippen molar-refractivity contribution < 1.29 is 22.6 Å². The molecule has 0 saturated carbocycles. The topological polar surface area (TPSA) is 61.8 Å². The number of halogens is 2. The molecule has 1 aliphatic heterocycles. The van der Waals surface area contributed by atoms with E-state index in [4.69, 9.17) is 24.9 Å². The molecular formula is C9H8BrClO5S. The van der Waals surface area contributed by atoms with Crippen molar-refractivity contribution in [1.29, 1.82) is 0 Å². The number of methoxy groups -OCH3 is 1. The summed E-state index contributed by atoms with van der Waals surface area (Å²) >= 11 is 3.27. The number of hydrogen-bond acceptors (Lipinski definition) is 5. The van der Waals surface area contributed by atoms with E-state index in [2.05, 4.69) is 15.9 Å². The number of rotatable bonds is 3. The Balaban J connectivity index is 2.61. The first-order chi connectivity index (χ1) is 7.92. The molecule has 0 radical (unpaired) electrons. The molecule has 0 spiro atoms. The van der Waals surface area contributed by atoms with E-state index in [0.29, 0.717) is 27.3 Å². The van der Waals surface area contributed by atoms with Crippen LogP contribution in [0, 0.1) is 0 Å². The molecule has 17 heavy (non-hydrogen) atoms. The molecule has 0 N–H and O–H groups in total. The van der Waals surface area contributed by atoms with Crippen molar-refractivity contribution in [2.24, 2.45) is 0 Å². The molecule has 1 heterocycles. The van der Waals surface area contributed by atoms with Crippen LogP contribution in [0.25, 0.3) is 0 Å². The molecule has 0 amide bonds. The van der Waals surface area contributed by atoms with Crippen molar-refractivity contribution in [3.05, 3.63) is 16.1 Å². The zero-order valence-corrected chi connectivity index (χ0v) is 11.9. The standard InChI is InChI=1S/C9H8BrClO5S/c1-14-8-5(3-17(11,12)13)9-7(2-6(8)10)15-4-16-9/h2H,3-4H2,1H3. The Morgan fingerprint density at radius 1 is 1.53 bits per heavy atom. The lowest BCUT2D eigenvalue weighted by atomic mass is 10.2. The third kappa shape index (κ3) is 2.61. The largest absolute Gasteiger partial charge is 0.495 e. The minimum absolute atomic E-state index is 0.0459. The maximum Gasteiger partial charge on any atom is 0.237 e. The monoisotopic (exact) mass is 342 g/mol. The summed E-state index contributed by atoms with van der Waals surface area (Å²) in [4.78, 5) is 0. The molecule has 2 rings (SSSR count). The molecular weight excluding hydrogens is 336 g/mol. The molecule has 94 valence electrons. The van der Waals surface area contributed by atoms with Crippen LogP contribution in [0.15, 0.2) is 10.5 Å². The number of fused-ring (bicyclic) bond motifs is 1. The molecule has 0 saturated heterocycles. The molecule has 0 bridgehead atoms. The molecule has 5 nitrogen and oxygen atoms in total. The summed E-state index contributed by atoms with van der Waals surface area (Å²) in [5.74, 6) is 0.809. The fraction of sp³-hybridized carbons (Fsp3) is 0.333. The maximum absolute atomic E-state index is 11.2. The quantitative estimate of drug-likeness (QED) is 0.788. The summed E-state index contributed by atoms with van der Waals surface area (Å²) in [5.41, 5.74) is 0.351. The lowest BCUT2D eigenvalue weighted by Gasteiger charge is -2.11. The van der Waals surface area contributed by atoms with E-state index in [1.807, 2.05) is 0 Å². The van der Waals surface area contributed by atoms with Crippen molar-refractivity contribution in [3.63, 3.8) is 0 Å². The summed E-state index contributed by atoms with van der Waals surface area (Å²) in [5, 5.41) is 0. The van der Waals surface area contributed by atoms with Gasteiger partial charge in [0.25, 0.3) is 0 Å². The molecule has 1 aliphatic rings. The SMILES string of the molecule is COc1c(Br)cc2c(c1CS(=O)(=O)Cl)OCO2. The Bertz CT molecular complexity index is 553. The lowest BCUT2D eigenvalue weighted by molar-refractivity contribution is 0.173. The van der Waals surface area contributed by atoms with E-state index in [0.717, 1.165) is 0 Å². The van der Waals surface area contributed by atoms with Crippen molar-refractivity contribution in [1.82, 2.24) is 0 Å². The van der Waals surface area contributed by atoms with Crippen molar-refractivity contribution in [3.8, 4) is 17.2 Å². The fourth-order valence-corrected chi connectivity index (χ4v) is 3.13. The van der Waals surface area contributed by atoms with Gasteiger partial charge in [0, 0.05) is 16.7 Å². The second-order valence-corrected chi connectivity index (χ2v) is 6.92. The van der Waals surface area contributed by atoms with Crippen LogP contribution in [0.2, 0.25) is 0 Å². The van der Waals surface area contributed by atoms with Gasteiger partial charge in [-0.05, 0) is 15.9 Å². The third-order valence-corrected chi connectivity index (χ3v) is 3.74. The smallest absolute Gasteiger partial charge is 0.237 e. The lowest BCUT2D eigenvalue weighted by Crippen LogP contribution is -2.01. The molecule has 8 heteroatoms. The second-order valence-electron chi connectivity index (χ2n) is 3.29. The van der Waals surface area contributed by atoms with Crippen LogP contribution >= 0.6 is 26.6 Å². The Hall–Kier alpha value is -0.660.